The number of para-hydroxylation sites is 2. The second-order valence-corrected chi connectivity index (χ2v) is 13.0. The fraction of sp³-hybridized carbons (Fsp3) is 0.545. The molecular weight excluding hydrogens is 512 g/mol. The Morgan fingerprint density at radius 2 is 1.66 bits per heavy atom. The van der Waals surface area contributed by atoms with E-state index in [2.05, 4.69) is 53.0 Å². The predicted octanol–water partition coefficient (Wildman–Crippen LogP) is 4.89. The first-order valence-corrected chi connectivity index (χ1v) is 15.1. The first-order valence-electron chi connectivity index (χ1n) is 15.1. The summed E-state index contributed by atoms with van der Waals surface area (Å²) in [6.45, 7) is 17.9. The fourth-order valence-electron chi connectivity index (χ4n) is 5.85. The van der Waals surface area contributed by atoms with Gasteiger partial charge in [0.15, 0.2) is 0 Å². The largest absolute Gasteiger partial charge is 0.493 e. The summed E-state index contributed by atoms with van der Waals surface area (Å²) < 4.78 is 6.17. The van der Waals surface area contributed by atoms with Gasteiger partial charge in [-0.15, -0.1) is 0 Å². The van der Waals surface area contributed by atoms with Gasteiger partial charge in [-0.2, -0.15) is 0 Å². The molecule has 1 fully saturated rings. The Hall–Kier alpha value is -3.07. The summed E-state index contributed by atoms with van der Waals surface area (Å²) >= 11 is 0. The topological polar surface area (TPSA) is 54.5 Å². The van der Waals surface area contributed by atoms with E-state index in [4.69, 9.17) is 4.74 Å². The highest BCUT2D eigenvalue weighted by atomic mass is 16.5. The summed E-state index contributed by atoms with van der Waals surface area (Å²) in [6, 6.07) is 13.9. The number of piperazine rings is 1. The number of anilines is 2. The quantitative estimate of drug-likeness (QED) is 0.461. The van der Waals surface area contributed by atoms with Crippen molar-refractivity contribution < 1.29 is 9.53 Å². The number of nitrogens with one attached hydrogen (secondary N) is 1. The van der Waals surface area contributed by atoms with Gasteiger partial charge >= 0.3 is 0 Å². The molecule has 3 aliphatic rings. The van der Waals surface area contributed by atoms with Crippen molar-refractivity contribution in [1.82, 2.24) is 19.8 Å². The number of carbonyl (C=O) groups excluding carboxylic acids is 1. The number of hydrogen-bond donors (Lipinski definition) is 1. The zero-order valence-corrected chi connectivity index (χ0v) is 25.9. The summed E-state index contributed by atoms with van der Waals surface area (Å²) in [7, 11) is 4.11. The molecule has 0 radical (unpaired) electrons. The van der Waals surface area contributed by atoms with Crippen LogP contribution in [-0.4, -0.2) is 98.8 Å². The third-order valence-corrected chi connectivity index (χ3v) is 8.57. The molecule has 1 amide bonds. The number of fused-ring (bicyclic) bond motifs is 1. The zero-order chi connectivity index (χ0) is 29.1. The van der Waals surface area contributed by atoms with E-state index in [1.165, 1.54) is 18.5 Å². The molecule has 2 aromatic rings. The molecule has 1 N–H and O–H groups in total. The highest BCUT2D eigenvalue weighted by molar-refractivity contribution is 6.08. The Kier molecular flexibility index (Phi) is 8.92. The number of hydrazine groups is 1. The van der Waals surface area contributed by atoms with Crippen molar-refractivity contribution in [1.29, 1.82) is 0 Å². The number of aryl methyl sites for hydroxylation is 1. The minimum Gasteiger partial charge on any atom is -0.493 e. The van der Waals surface area contributed by atoms with Crippen LogP contribution in [0.3, 0.4) is 0 Å². The lowest BCUT2D eigenvalue weighted by Crippen LogP contribution is -2.47. The van der Waals surface area contributed by atoms with E-state index >= 15 is 0 Å². The molecular formula is C33H48N6O2. The van der Waals surface area contributed by atoms with Crippen molar-refractivity contribution in [2.24, 2.45) is 5.41 Å². The SMILES string of the molecule is Cc1cc(C(=O)N2CC3=C(Nc4ccccc42)N(C)N(C)C3)ccc1OCCCN1CCN(CCC(C)(C)C)CC1. The maximum Gasteiger partial charge on any atom is 0.258 e. The Labute approximate surface area is 246 Å². The molecule has 0 spiro atoms. The van der Waals surface area contributed by atoms with Crippen LogP contribution in [0, 0.1) is 12.3 Å². The van der Waals surface area contributed by atoms with Crippen molar-refractivity contribution in [3.8, 4) is 5.75 Å². The van der Waals surface area contributed by atoms with E-state index in [-0.39, 0.29) is 5.91 Å². The van der Waals surface area contributed by atoms with Gasteiger partial charge in [0.1, 0.15) is 11.6 Å². The Bertz CT molecular complexity index is 1260. The van der Waals surface area contributed by atoms with E-state index in [0.717, 1.165) is 74.2 Å². The third kappa shape index (κ3) is 7.05. The summed E-state index contributed by atoms with van der Waals surface area (Å²) in [5.41, 5.74) is 5.11. The minimum absolute atomic E-state index is 0.00139. The number of benzene rings is 2. The number of amides is 1. The van der Waals surface area contributed by atoms with E-state index in [1.807, 2.05) is 61.3 Å². The van der Waals surface area contributed by atoms with Gasteiger partial charge in [-0.1, -0.05) is 32.9 Å². The van der Waals surface area contributed by atoms with Gasteiger partial charge in [0.2, 0.25) is 0 Å². The Morgan fingerprint density at radius 3 is 2.37 bits per heavy atom. The van der Waals surface area contributed by atoms with Crippen molar-refractivity contribution in [3.63, 3.8) is 0 Å². The standard InChI is InChI=1S/C33H48N6O2/c1-25-22-26(12-13-30(25)41-21-9-15-37-17-19-38(20-18-37)16-14-33(2,3)4)32(40)39-24-27-23-35(5)36(6)31(27)34-28-10-7-8-11-29(28)39/h7-8,10-13,22,34H,9,14-21,23-24H2,1-6H3. The van der Waals surface area contributed by atoms with Crippen molar-refractivity contribution in [2.45, 2.75) is 40.5 Å². The normalized spacial score (nSPS) is 18.7. The van der Waals surface area contributed by atoms with Crippen LogP contribution in [0.4, 0.5) is 11.4 Å². The highest BCUT2D eigenvalue weighted by Gasteiger charge is 2.32. The van der Waals surface area contributed by atoms with Crippen LogP contribution >= 0.6 is 0 Å². The smallest absolute Gasteiger partial charge is 0.258 e. The van der Waals surface area contributed by atoms with Crippen LogP contribution in [0.5, 0.6) is 5.75 Å². The molecule has 0 saturated carbocycles. The molecule has 3 aliphatic heterocycles. The molecule has 8 heteroatoms. The molecule has 0 aromatic heterocycles. The lowest BCUT2D eigenvalue weighted by atomic mass is 9.92. The summed E-state index contributed by atoms with van der Waals surface area (Å²) in [6.07, 6.45) is 2.25. The van der Waals surface area contributed by atoms with Crippen LogP contribution in [-0.2, 0) is 0 Å². The summed E-state index contributed by atoms with van der Waals surface area (Å²) in [4.78, 5) is 20.9. The number of carbonyl (C=O) groups is 1. The maximum absolute atomic E-state index is 13.9. The number of nitrogens with zero attached hydrogens (tertiary/aromatic N) is 5. The average Bonchev–Trinajstić information content (AvgIpc) is 3.11. The highest BCUT2D eigenvalue weighted by Crippen LogP contribution is 2.36. The van der Waals surface area contributed by atoms with Gasteiger partial charge < -0.3 is 24.8 Å². The molecule has 41 heavy (non-hydrogen) atoms. The molecule has 0 aliphatic carbocycles. The number of ether oxygens (including phenoxy) is 1. The predicted molar refractivity (Wildman–Crippen MR) is 167 cm³/mol. The van der Waals surface area contributed by atoms with E-state index in [1.54, 1.807) is 0 Å². The Morgan fingerprint density at radius 1 is 0.951 bits per heavy atom. The van der Waals surface area contributed by atoms with Gasteiger partial charge in [0, 0.05) is 64.5 Å². The molecule has 0 unspecified atom stereocenters. The molecule has 1 saturated heterocycles. The first-order chi connectivity index (χ1) is 19.6. The second-order valence-electron chi connectivity index (χ2n) is 13.0. The monoisotopic (exact) mass is 560 g/mol. The van der Waals surface area contributed by atoms with E-state index in [9.17, 15) is 4.79 Å². The molecule has 2 aromatic carbocycles. The van der Waals surface area contributed by atoms with Gasteiger partial charge in [0.25, 0.3) is 5.91 Å². The molecule has 8 nitrogen and oxygen atoms in total. The molecule has 222 valence electrons. The van der Waals surface area contributed by atoms with Gasteiger partial charge in [-0.05, 0) is 67.6 Å². The van der Waals surface area contributed by atoms with Crippen LogP contribution in [0.2, 0.25) is 0 Å². The van der Waals surface area contributed by atoms with Gasteiger partial charge in [-0.25, -0.2) is 5.01 Å². The van der Waals surface area contributed by atoms with Crippen molar-refractivity contribution >= 4 is 17.3 Å². The second kappa shape index (κ2) is 12.4. The van der Waals surface area contributed by atoms with Crippen molar-refractivity contribution in [2.75, 3.05) is 83.3 Å². The summed E-state index contributed by atoms with van der Waals surface area (Å²) in [5.74, 6) is 1.91. The molecule has 5 rings (SSSR count). The average molecular weight is 561 g/mol. The fourth-order valence-corrected chi connectivity index (χ4v) is 5.85. The van der Waals surface area contributed by atoms with Crippen LogP contribution in [0.1, 0.15) is 49.5 Å². The van der Waals surface area contributed by atoms with E-state index < -0.39 is 0 Å². The van der Waals surface area contributed by atoms with Crippen LogP contribution in [0.15, 0.2) is 53.9 Å². The number of hydrogen-bond acceptors (Lipinski definition) is 7. The zero-order valence-electron chi connectivity index (χ0n) is 25.9. The molecule has 3 heterocycles. The lowest BCUT2D eigenvalue weighted by Gasteiger charge is -2.36. The molecule has 0 bridgehead atoms. The first kappa shape index (κ1) is 29.4. The number of rotatable bonds is 8. The van der Waals surface area contributed by atoms with Crippen LogP contribution < -0.4 is 15.0 Å². The lowest BCUT2D eigenvalue weighted by molar-refractivity contribution is 0.0983. The van der Waals surface area contributed by atoms with Gasteiger partial charge in [-0.3, -0.25) is 9.80 Å². The molecule has 0 atom stereocenters. The van der Waals surface area contributed by atoms with Crippen LogP contribution in [0.25, 0.3) is 0 Å². The van der Waals surface area contributed by atoms with Crippen molar-refractivity contribution in [3.05, 3.63) is 65.0 Å². The third-order valence-electron chi connectivity index (χ3n) is 8.57. The van der Waals surface area contributed by atoms with Gasteiger partial charge in [0.05, 0.1) is 24.5 Å². The number of likely N-dealkylation sites (N-methyl/N-ethyl adjacent to an activating group) is 1. The maximum atomic E-state index is 13.9. The summed E-state index contributed by atoms with van der Waals surface area (Å²) in [5, 5.41) is 7.83. The Balaban J connectivity index is 1.15. The minimum atomic E-state index is 0.00139. The van der Waals surface area contributed by atoms with E-state index in [0.29, 0.717) is 24.1 Å².